The summed E-state index contributed by atoms with van der Waals surface area (Å²) in [5.41, 5.74) is 0.774. The molecule has 0 bridgehead atoms. The summed E-state index contributed by atoms with van der Waals surface area (Å²) < 4.78 is 40.4. The second kappa shape index (κ2) is 6.34. The maximum absolute atomic E-state index is 13.3. The minimum Gasteiger partial charge on any atom is -0.392 e. The maximum atomic E-state index is 13.3. The van der Waals surface area contributed by atoms with Crippen molar-refractivity contribution in [3.8, 4) is 0 Å². The molecule has 0 heterocycles. The lowest BCUT2D eigenvalue weighted by Crippen LogP contribution is -2.27. The molecule has 0 radical (unpaired) electrons. The van der Waals surface area contributed by atoms with E-state index in [1.807, 2.05) is 30.3 Å². The Bertz CT molecular complexity index is 717. The second-order valence-electron chi connectivity index (χ2n) is 4.66. The van der Waals surface area contributed by atoms with Gasteiger partial charge in [-0.05, 0) is 30.7 Å². The van der Waals surface area contributed by atoms with E-state index in [4.69, 9.17) is 5.11 Å². The lowest BCUT2D eigenvalue weighted by Gasteiger charge is -2.15. The molecule has 0 fully saturated rings. The average molecular weight is 309 g/mol. The Morgan fingerprint density at radius 2 is 1.86 bits per heavy atom. The average Bonchev–Trinajstić information content (AvgIpc) is 2.48. The number of rotatable bonds is 5. The molecule has 1 unspecified atom stereocenters. The fourth-order valence-corrected chi connectivity index (χ4v) is 3.23. The molecule has 112 valence electrons. The predicted octanol–water partition coefficient (Wildman–Crippen LogP) is 2.36. The highest BCUT2D eigenvalue weighted by Crippen LogP contribution is 2.19. The van der Waals surface area contributed by atoms with Crippen molar-refractivity contribution < 1.29 is 17.9 Å². The number of aliphatic hydroxyl groups excluding tert-OH is 1. The van der Waals surface area contributed by atoms with Crippen LogP contribution < -0.4 is 4.72 Å². The zero-order chi connectivity index (χ0) is 15.5. The number of hydrogen-bond donors (Lipinski definition) is 2. The number of benzene rings is 2. The second-order valence-corrected chi connectivity index (χ2v) is 6.38. The quantitative estimate of drug-likeness (QED) is 0.891. The molecule has 2 aromatic carbocycles. The van der Waals surface area contributed by atoms with E-state index >= 15 is 0 Å². The van der Waals surface area contributed by atoms with Crippen LogP contribution in [-0.4, -0.2) is 13.5 Å². The lowest BCUT2D eigenvalue weighted by atomic mass is 10.1. The minimum atomic E-state index is -3.78. The Morgan fingerprint density at radius 3 is 2.48 bits per heavy atom. The van der Waals surface area contributed by atoms with Crippen LogP contribution in [-0.2, 0) is 16.6 Å². The van der Waals surface area contributed by atoms with Crippen LogP contribution in [0.25, 0.3) is 0 Å². The molecule has 4 nitrogen and oxygen atoms in total. The molecular weight excluding hydrogens is 293 g/mol. The summed E-state index contributed by atoms with van der Waals surface area (Å²) in [5.74, 6) is -0.632. The zero-order valence-corrected chi connectivity index (χ0v) is 12.3. The van der Waals surface area contributed by atoms with Gasteiger partial charge in [-0.15, -0.1) is 0 Å². The van der Waals surface area contributed by atoms with Crippen LogP contribution in [0.15, 0.2) is 53.4 Å². The third-order valence-electron chi connectivity index (χ3n) is 3.13. The maximum Gasteiger partial charge on any atom is 0.241 e. The van der Waals surface area contributed by atoms with Gasteiger partial charge in [-0.2, -0.15) is 0 Å². The summed E-state index contributed by atoms with van der Waals surface area (Å²) in [6.07, 6.45) is 0. The van der Waals surface area contributed by atoms with Gasteiger partial charge >= 0.3 is 0 Å². The fourth-order valence-electron chi connectivity index (χ4n) is 1.95. The van der Waals surface area contributed by atoms with Crippen LogP contribution in [0.5, 0.6) is 0 Å². The topological polar surface area (TPSA) is 66.4 Å². The van der Waals surface area contributed by atoms with Crippen LogP contribution in [0.3, 0.4) is 0 Å². The Hall–Kier alpha value is -1.76. The normalized spacial score (nSPS) is 13.1. The van der Waals surface area contributed by atoms with Crippen molar-refractivity contribution in [2.24, 2.45) is 0 Å². The molecule has 0 amide bonds. The van der Waals surface area contributed by atoms with Crippen molar-refractivity contribution in [2.45, 2.75) is 24.5 Å². The van der Waals surface area contributed by atoms with Crippen LogP contribution in [0.4, 0.5) is 4.39 Å². The van der Waals surface area contributed by atoms with Crippen molar-refractivity contribution >= 4 is 10.0 Å². The van der Waals surface area contributed by atoms with Crippen molar-refractivity contribution in [2.75, 3.05) is 0 Å². The Morgan fingerprint density at radius 1 is 1.19 bits per heavy atom. The monoisotopic (exact) mass is 309 g/mol. The van der Waals surface area contributed by atoms with E-state index < -0.39 is 28.5 Å². The van der Waals surface area contributed by atoms with Crippen molar-refractivity contribution in [3.05, 3.63) is 65.5 Å². The van der Waals surface area contributed by atoms with Crippen molar-refractivity contribution in [1.29, 1.82) is 0 Å². The van der Waals surface area contributed by atoms with Gasteiger partial charge in [-0.25, -0.2) is 17.5 Å². The van der Waals surface area contributed by atoms with Crippen LogP contribution >= 0.6 is 0 Å². The third kappa shape index (κ3) is 3.66. The van der Waals surface area contributed by atoms with Gasteiger partial charge in [0.05, 0.1) is 11.5 Å². The highest BCUT2D eigenvalue weighted by Gasteiger charge is 2.19. The first-order valence-electron chi connectivity index (χ1n) is 6.40. The molecular formula is C15H16FNO3S. The number of nitrogens with one attached hydrogen (secondary N) is 1. The van der Waals surface area contributed by atoms with E-state index in [9.17, 15) is 12.8 Å². The molecule has 0 aliphatic carbocycles. The van der Waals surface area contributed by atoms with Crippen LogP contribution in [0.1, 0.15) is 24.1 Å². The SMILES string of the molecule is CC(NS(=O)(=O)c1ccc(F)c(CO)c1)c1ccccc1. The molecule has 0 aromatic heterocycles. The van der Waals surface area contributed by atoms with Crippen LogP contribution in [0, 0.1) is 5.82 Å². The smallest absolute Gasteiger partial charge is 0.241 e. The standard InChI is InChI=1S/C15H16FNO3S/c1-11(12-5-3-2-4-6-12)17-21(19,20)14-7-8-15(16)13(9-14)10-18/h2-9,11,17-18H,10H2,1H3. The molecule has 2 N–H and O–H groups in total. The summed E-state index contributed by atoms with van der Waals surface area (Å²) in [6.45, 7) is 1.17. The van der Waals surface area contributed by atoms with E-state index in [2.05, 4.69) is 4.72 Å². The van der Waals surface area contributed by atoms with Gasteiger partial charge in [0.15, 0.2) is 0 Å². The Labute approximate surface area is 123 Å². The summed E-state index contributed by atoms with van der Waals surface area (Å²) >= 11 is 0. The van der Waals surface area contributed by atoms with Gasteiger partial charge in [0.2, 0.25) is 10.0 Å². The van der Waals surface area contributed by atoms with Crippen LogP contribution in [0.2, 0.25) is 0 Å². The Kier molecular flexibility index (Phi) is 4.72. The molecule has 2 rings (SSSR count). The number of hydrogen-bond acceptors (Lipinski definition) is 3. The lowest BCUT2D eigenvalue weighted by molar-refractivity contribution is 0.275. The summed E-state index contributed by atoms with van der Waals surface area (Å²) in [5, 5.41) is 9.01. The molecule has 1 atom stereocenters. The minimum absolute atomic E-state index is 0.0507. The largest absolute Gasteiger partial charge is 0.392 e. The first kappa shape index (κ1) is 15.6. The first-order valence-corrected chi connectivity index (χ1v) is 7.89. The molecule has 0 spiro atoms. The number of aliphatic hydroxyl groups is 1. The number of sulfonamides is 1. The van der Waals surface area contributed by atoms with Gasteiger partial charge in [0.1, 0.15) is 5.82 Å². The van der Waals surface area contributed by atoms with Gasteiger partial charge in [0.25, 0.3) is 0 Å². The molecule has 6 heteroatoms. The molecule has 0 saturated carbocycles. The van der Waals surface area contributed by atoms with Gasteiger partial charge in [0, 0.05) is 11.6 Å². The summed E-state index contributed by atoms with van der Waals surface area (Å²) in [7, 11) is -3.78. The first-order chi connectivity index (χ1) is 9.94. The van der Waals surface area contributed by atoms with E-state index in [-0.39, 0.29) is 10.5 Å². The highest BCUT2D eigenvalue weighted by molar-refractivity contribution is 7.89. The molecule has 0 saturated heterocycles. The van der Waals surface area contributed by atoms with Gasteiger partial charge in [-0.1, -0.05) is 30.3 Å². The van der Waals surface area contributed by atoms with Gasteiger partial charge in [-0.3, -0.25) is 0 Å². The zero-order valence-electron chi connectivity index (χ0n) is 11.5. The third-order valence-corrected chi connectivity index (χ3v) is 4.67. The van der Waals surface area contributed by atoms with Crippen molar-refractivity contribution in [3.63, 3.8) is 0 Å². The highest BCUT2D eigenvalue weighted by atomic mass is 32.2. The summed E-state index contributed by atoms with van der Waals surface area (Å²) in [4.78, 5) is -0.0734. The van der Waals surface area contributed by atoms with Crippen molar-refractivity contribution in [1.82, 2.24) is 4.72 Å². The molecule has 2 aromatic rings. The van der Waals surface area contributed by atoms with Gasteiger partial charge < -0.3 is 5.11 Å². The molecule has 0 aliphatic rings. The molecule has 0 aliphatic heterocycles. The van der Waals surface area contributed by atoms with E-state index in [0.717, 1.165) is 17.7 Å². The summed E-state index contributed by atoms with van der Waals surface area (Å²) in [6, 6.07) is 12.0. The van der Waals surface area contributed by atoms with E-state index in [0.29, 0.717) is 0 Å². The Balaban J connectivity index is 2.26. The predicted molar refractivity (Wildman–Crippen MR) is 77.5 cm³/mol. The molecule has 21 heavy (non-hydrogen) atoms. The van der Waals surface area contributed by atoms with E-state index in [1.165, 1.54) is 6.07 Å². The number of halogens is 1. The van der Waals surface area contributed by atoms with E-state index in [1.54, 1.807) is 6.92 Å². The fraction of sp³-hybridized carbons (Fsp3) is 0.200.